The molecule has 0 saturated carbocycles. The lowest BCUT2D eigenvalue weighted by Crippen LogP contribution is -2.23. The summed E-state index contributed by atoms with van der Waals surface area (Å²) in [6, 6.07) is 10.3. The molecule has 0 amide bonds. The summed E-state index contributed by atoms with van der Waals surface area (Å²) in [4.78, 5) is 5.84. The van der Waals surface area contributed by atoms with Gasteiger partial charge in [0.1, 0.15) is 11.6 Å². The van der Waals surface area contributed by atoms with E-state index in [1.165, 1.54) is 24.4 Å². The molecule has 0 aliphatic rings. The van der Waals surface area contributed by atoms with Crippen molar-refractivity contribution in [3.8, 4) is 0 Å². The molecule has 0 fully saturated rings. The second-order valence-electron chi connectivity index (χ2n) is 5.02. The Labute approximate surface area is 141 Å². The molecule has 2 aromatic rings. The highest BCUT2D eigenvalue weighted by atomic mass is 16.4. The summed E-state index contributed by atoms with van der Waals surface area (Å²) in [5.41, 5.74) is 7.04. The molecule has 126 valence electrons. The van der Waals surface area contributed by atoms with Gasteiger partial charge < -0.3 is 20.4 Å². The number of rotatable bonds is 9. The minimum absolute atomic E-state index is 0.302. The van der Waals surface area contributed by atoms with Gasteiger partial charge in [-0.1, -0.05) is 36.9 Å². The van der Waals surface area contributed by atoms with E-state index in [4.69, 9.17) is 10.2 Å². The van der Waals surface area contributed by atoms with Crippen LogP contribution in [0.15, 0.2) is 82.0 Å². The van der Waals surface area contributed by atoms with Crippen LogP contribution in [0, 0.1) is 0 Å². The lowest BCUT2D eigenvalue weighted by molar-refractivity contribution is 0.361. The van der Waals surface area contributed by atoms with E-state index in [-0.39, 0.29) is 0 Å². The third-order valence-corrected chi connectivity index (χ3v) is 3.33. The van der Waals surface area contributed by atoms with Gasteiger partial charge in [-0.25, -0.2) is 4.98 Å². The highest BCUT2D eigenvalue weighted by molar-refractivity contribution is 5.33. The van der Waals surface area contributed by atoms with E-state index in [1.807, 2.05) is 18.2 Å². The van der Waals surface area contributed by atoms with E-state index in [9.17, 15) is 0 Å². The van der Waals surface area contributed by atoms with E-state index >= 15 is 0 Å². The fourth-order valence-corrected chi connectivity index (χ4v) is 2.05. The van der Waals surface area contributed by atoms with Crippen molar-refractivity contribution in [3.05, 3.63) is 72.9 Å². The molecule has 7 nitrogen and oxygen atoms in total. The molecule has 1 aromatic heterocycles. The number of hydrogen-bond donors (Lipinski definition) is 2. The molecule has 24 heavy (non-hydrogen) atoms. The summed E-state index contributed by atoms with van der Waals surface area (Å²) in [5.74, 6) is 1.34. The standard InChI is InChI=1S/C17H22N6O/c1-3-23(10-9-15-7-5-4-6-8-15)14(2)22-20-11-16(18)21-17-12-19-13-24-17/h4-8,11-13,21H,2-3,9-10,18H2,1H3/b16-11+,22-20-. The summed E-state index contributed by atoms with van der Waals surface area (Å²) in [5, 5.41) is 10.8. The fraction of sp³-hybridized carbons (Fsp3) is 0.235. The summed E-state index contributed by atoms with van der Waals surface area (Å²) in [6.07, 6.45) is 5.15. The van der Waals surface area contributed by atoms with Gasteiger partial charge in [-0.2, -0.15) is 5.11 Å². The maximum absolute atomic E-state index is 5.76. The van der Waals surface area contributed by atoms with Crippen molar-refractivity contribution in [3.63, 3.8) is 0 Å². The van der Waals surface area contributed by atoms with Crippen LogP contribution in [0.4, 0.5) is 5.88 Å². The zero-order chi connectivity index (χ0) is 17.2. The van der Waals surface area contributed by atoms with Gasteiger partial charge in [0.25, 0.3) is 0 Å². The Morgan fingerprint density at radius 3 is 2.88 bits per heavy atom. The van der Waals surface area contributed by atoms with Crippen LogP contribution >= 0.6 is 0 Å². The number of nitrogens with two attached hydrogens (primary N) is 1. The minimum atomic E-state index is 0.302. The number of hydrogen-bond acceptors (Lipinski definition) is 7. The van der Waals surface area contributed by atoms with Crippen molar-refractivity contribution in [1.29, 1.82) is 0 Å². The quantitative estimate of drug-likeness (QED) is 0.690. The Morgan fingerprint density at radius 1 is 1.42 bits per heavy atom. The minimum Gasteiger partial charge on any atom is -0.428 e. The number of azo groups is 1. The third kappa shape index (κ3) is 5.60. The molecule has 0 unspecified atom stereocenters. The van der Waals surface area contributed by atoms with Gasteiger partial charge in [-0.05, 0) is 18.9 Å². The summed E-state index contributed by atoms with van der Waals surface area (Å²) >= 11 is 0. The Bertz CT molecular complexity index is 678. The van der Waals surface area contributed by atoms with Crippen LogP contribution in [0.1, 0.15) is 12.5 Å². The Balaban J connectivity index is 1.84. The van der Waals surface area contributed by atoms with Gasteiger partial charge in [0.15, 0.2) is 6.39 Å². The zero-order valence-corrected chi connectivity index (χ0v) is 13.7. The molecule has 7 heteroatoms. The van der Waals surface area contributed by atoms with Crippen LogP contribution < -0.4 is 11.1 Å². The van der Waals surface area contributed by atoms with Crippen LogP contribution in [0.2, 0.25) is 0 Å². The van der Waals surface area contributed by atoms with Crippen molar-refractivity contribution in [2.45, 2.75) is 13.3 Å². The molecule has 0 saturated heterocycles. The van der Waals surface area contributed by atoms with Gasteiger partial charge >= 0.3 is 0 Å². The predicted octanol–water partition coefficient (Wildman–Crippen LogP) is 3.33. The first-order chi connectivity index (χ1) is 11.7. The number of nitrogens with one attached hydrogen (secondary N) is 1. The number of anilines is 1. The lowest BCUT2D eigenvalue weighted by atomic mass is 10.1. The Hall–Kier alpha value is -3.09. The number of aromatic nitrogens is 1. The lowest BCUT2D eigenvalue weighted by Gasteiger charge is -2.21. The smallest absolute Gasteiger partial charge is 0.218 e. The van der Waals surface area contributed by atoms with Gasteiger partial charge in [-0.15, -0.1) is 5.11 Å². The van der Waals surface area contributed by atoms with Crippen molar-refractivity contribution in [2.75, 3.05) is 18.4 Å². The largest absolute Gasteiger partial charge is 0.428 e. The van der Waals surface area contributed by atoms with Crippen LogP contribution in [-0.2, 0) is 6.42 Å². The average molecular weight is 326 g/mol. The predicted molar refractivity (Wildman–Crippen MR) is 93.8 cm³/mol. The Kier molecular flexibility index (Phi) is 6.58. The molecule has 0 atom stereocenters. The van der Waals surface area contributed by atoms with Gasteiger partial charge in [0, 0.05) is 13.1 Å². The molecule has 0 spiro atoms. The second-order valence-corrected chi connectivity index (χ2v) is 5.02. The fourth-order valence-electron chi connectivity index (χ4n) is 2.05. The van der Waals surface area contributed by atoms with Crippen molar-refractivity contribution < 1.29 is 4.42 Å². The van der Waals surface area contributed by atoms with E-state index < -0.39 is 0 Å². The van der Waals surface area contributed by atoms with Gasteiger partial charge in [-0.3, -0.25) is 0 Å². The Morgan fingerprint density at radius 2 is 2.21 bits per heavy atom. The first-order valence-corrected chi connectivity index (χ1v) is 7.69. The molecule has 0 bridgehead atoms. The third-order valence-electron chi connectivity index (χ3n) is 3.33. The molecule has 0 radical (unpaired) electrons. The van der Waals surface area contributed by atoms with E-state index in [1.54, 1.807) is 0 Å². The van der Waals surface area contributed by atoms with E-state index in [0.717, 1.165) is 19.5 Å². The number of oxazole rings is 1. The van der Waals surface area contributed by atoms with E-state index in [2.05, 4.69) is 51.1 Å². The van der Waals surface area contributed by atoms with Gasteiger partial charge in [0.2, 0.25) is 5.88 Å². The van der Waals surface area contributed by atoms with Gasteiger partial charge in [0.05, 0.1) is 12.4 Å². The monoisotopic (exact) mass is 326 g/mol. The first kappa shape index (κ1) is 17.3. The highest BCUT2D eigenvalue weighted by Crippen LogP contribution is 2.09. The molecular formula is C17H22N6O. The average Bonchev–Trinajstić information content (AvgIpc) is 3.09. The summed E-state index contributed by atoms with van der Waals surface area (Å²) < 4.78 is 5.02. The highest BCUT2D eigenvalue weighted by Gasteiger charge is 2.04. The SMILES string of the molecule is C=C(/N=N\C=C(/N)Nc1cnco1)N(CC)CCc1ccccc1. The topological polar surface area (TPSA) is 92.0 Å². The molecule has 2 rings (SSSR count). The summed E-state index contributed by atoms with van der Waals surface area (Å²) in [6.45, 7) is 7.65. The van der Waals surface area contributed by atoms with Crippen LogP contribution in [0.5, 0.6) is 0 Å². The number of likely N-dealkylation sites (N-methyl/N-ethyl adjacent to an activating group) is 1. The first-order valence-electron chi connectivity index (χ1n) is 7.69. The van der Waals surface area contributed by atoms with Crippen LogP contribution in [0.3, 0.4) is 0 Å². The number of nitrogens with zero attached hydrogens (tertiary/aromatic N) is 4. The van der Waals surface area contributed by atoms with Crippen LogP contribution in [-0.4, -0.2) is 23.0 Å². The normalized spacial score (nSPS) is 11.6. The molecule has 1 aromatic carbocycles. The molecule has 1 heterocycles. The maximum Gasteiger partial charge on any atom is 0.218 e. The van der Waals surface area contributed by atoms with Crippen molar-refractivity contribution >= 4 is 5.88 Å². The number of benzene rings is 1. The summed E-state index contributed by atoms with van der Waals surface area (Å²) in [7, 11) is 0. The van der Waals surface area contributed by atoms with E-state index in [0.29, 0.717) is 17.5 Å². The second kappa shape index (κ2) is 9.14. The molecular weight excluding hydrogens is 304 g/mol. The maximum atomic E-state index is 5.76. The van der Waals surface area contributed by atoms with Crippen molar-refractivity contribution in [2.24, 2.45) is 16.0 Å². The molecule has 0 aliphatic heterocycles. The molecule has 3 N–H and O–H groups in total. The van der Waals surface area contributed by atoms with Crippen LogP contribution in [0.25, 0.3) is 0 Å². The zero-order valence-electron chi connectivity index (χ0n) is 13.7. The molecule has 0 aliphatic carbocycles. The van der Waals surface area contributed by atoms with Crippen molar-refractivity contribution in [1.82, 2.24) is 9.88 Å².